The fourth-order valence-electron chi connectivity index (χ4n) is 2.04. The van der Waals surface area contributed by atoms with E-state index in [0.29, 0.717) is 10.0 Å². The quantitative estimate of drug-likeness (QED) is 0.860. The van der Waals surface area contributed by atoms with Gasteiger partial charge in [0.2, 0.25) is 0 Å². The molecule has 21 heavy (non-hydrogen) atoms. The van der Waals surface area contributed by atoms with Crippen LogP contribution >= 0.6 is 23.2 Å². The maximum atomic E-state index is 9.80. The van der Waals surface area contributed by atoms with Gasteiger partial charge in [0, 0.05) is 5.69 Å². The first-order chi connectivity index (χ1) is 9.98. The summed E-state index contributed by atoms with van der Waals surface area (Å²) in [6, 6.07) is 12.8. The molecular formula is C16H17Cl2NO2. The summed E-state index contributed by atoms with van der Waals surface area (Å²) in [7, 11) is 1.62. The van der Waals surface area contributed by atoms with Gasteiger partial charge in [-0.05, 0) is 48.9 Å². The number of hydrogen-bond donors (Lipinski definition) is 2. The molecule has 0 aliphatic rings. The highest BCUT2D eigenvalue weighted by Gasteiger charge is 2.26. The van der Waals surface area contributed by atoms with Gasteiger partial charge in [0.1, 0.15) is 5.75 Å². The van der Waals surface area contributed by atoms with E-state index < -0.39 is 5.54 Å². The highest BCUT2D eigenvalue weighted by atomic mass is 35.5. The van der Waals surface area contributed by atoms with Crippen LogP contribution in [0.25, 0.3) is 0 Å². The van der Waals surface area contributed by atoms with Crippen molar-refractivity contribution in [3.05, 3.63) is 58.1 Å². The van der Waals surface area contributed by atoms with Crippen molar-refractivity contribution in [1.82, 2.24) is 0 Å². The number of anilines is 1. The molecule has 1 atom stereocenters. The summed E-state index contributed by atoms with van der Waals surface area (Å²) in [6.07, 6.45) is 0. The molecule has 2 N–H and O–H groups in total. The number of halogens is 2. The van der Waals surface area contributed by atoms with Gasteiger partial charge in [0.05, 0.1) is 29.3 Å². The summed E-state index contributed by atoms with van der Waals surface area (Å²) < 4.78 is 5.13. The van der Waals surface area contributed by atoms with E-state index in [1.54, 1.807) is 19.2 Å². The summed E-state index contributed by atoms with van der Waals surface area (Å²) >= 11 is 12.0. The number of aliphatic hydroxyl groups is 1. The number of ether oxygens (including phenoxy) is 1. The Balaban J connectivity index is 2.29. The van der Waals surface area contributed by atoms with Crippen LogP contribution in [0, 0.1) is 0 Å². The average Bonchev–Trinajstić information content (AvgIpc) is 2.50. The molecule has 0 fully saturated rings. The molecule has 0 saturated heterocycles. The Morgan fingerprint density at radius 3 is 2.29 bits per heavy atom. The van der Waals surface area contributed by atoms with Gasteiger partial charge in [-0.2, -0.15) is 0 Å². The second kappa shape index (κ2) is 6.56. The van der Waals surface area contributed by atoms with Crippen LogP contribution in [-0.2, 0) is 5.54 Å². The molecule has 0 aliphatic heterocycles. The minimum absolute atomic E-state index is 0.0863. The van der Waals surface area contributed by atoms with Gasteiger partial charge in [-0.3, -0.25) is 0 Å². The molecule has 3 nitrogen and oxygen atoms in total. The van der Waals surface area contributed by atoms with Crippen molar-refractivity contribution in [1.29, 1.82) is 0 Å². The number of hydrogen-bond acceptors (Lipinski definition) is 3. The zero-order valence-electron chi connectivity index (χ0n) is 11.9. The third kappa shape index (κ3) is 3.62. The molecule has 0 radical (unpaired) electrons. The Labute approximate surface area is 134 Å². The summed E-state index contributed by atoms with van der Waals surface area (Å²) in [5, 5.41) is 14.1. The molecular weight excluding hydrogens is 309 g/mol. The number of rotatable bonds is 5. The predicted molar refractivity (Wildman–Crippen MR) is 87.5 cm³/mol. The third-order valence-corrected chi connectivity index (χ3v) is 4.12. The molecule has 0 saturated carbocycles. The van der Waals surface area contributed by atoms with Gasteiger partial charge in [-0.25, -0.2) is 0 Å². The zero-order valence-corrected chi connectivity index (χ0v) is 13.4. The van der Waals surface area contributed by atoms with Gasteiger partial charge in [0.15, 0.2) is 0 Å². The molecule has 0 spiro atoms. The molecule has 0 bridgehead atoms. The first kappa shape index (κ1) is 16.0. The number of nitrogens with one attached hydrogen (secondary N) is 1. The molecule has 0 aromatic heterocycles. The first-order valence-electron chi connectivity index (χ1n) is 6.47. The zero-order chi connectivity index (χ0) is 15.5. The van der Waals surface area contributed by atoms with Crippen LogP contribution in [0.15, 0.2) is 42.5 Å². The van der Waals surface area contributed by atoms with Gasteiger partial charge >= 0.3 is 0 Å². The second-order valence-electron chi connectivity index (χ2n) is 4.97. The van der Waals surface area contributed by atoms with E-state index in [4.69, 9.17) is 27.9 Å². The van der Waals surface area contributed by atoms with Crippen LogP contribution in [0.4, 0.5) is 5.69 Å². The maximum absolute atomic E-state index is 9.80. The number of methoxy groups -OCH3 is 1. The van der Waals surface area contributed by atoms with Crippen molar-refractivity contribution in [2.24, 2.45) is 0 Å². The average molecular weight is 326 g/mol. The number of benzene rings is 2. The smallest absolute Gasteiger partial charge is 0.119 e. The van der Waals surface area contributed by atoms with Crippen LogP contribution in [0.2, 0.25) is 10.0 Å². The minimum Gasteiger partial charge on any atom is -0.497 e. The fourth-order valence-corrected chi connectivity index (χ4v) is 2.33. The molecule has 0 amide bonds. The molecule has 2 rings (SSSR count). The highest BCUT2D eigenvalue weighted by molar-refractivity contribution is 6.42. The summed E-state index contributed by atoms with van der Waals surface area (Å²) in [6.45, 7) is 1.81. The van der Waals surface area contributed by atoms with Crippen molar-refractivity contribution in [2.45, 2.75) is 12.5 Å². The lowest BCUT2D eigenvalue weighted by Gasteiger charge is -2.31. The molecule has 5 heteroatoms. The lowest BCUT2D eigenvalue weighted by atomic mass is 9.92. The van der Waals surface area contributed by atoms with Crippen molar-refractivity contribution < 1.29 is 9.84 Å². The molecule has 0 heterocycles. The molecule has 112 valence electrons. The van der Waals surface area contributed by atoms with Gasteiger partial charge in [-0.15, -0.1) is 0 Å². The minimum atomic E-state index is -0.664. The lowest BCUT2D eigenvalue weighted by molar-refractivity contribution is 0.224. The molecule has 1 unspecified atom stereocenters. The van der Waals surface area contributed by atoms with E-state index in [9.17, 15) is 5.11 Å². The van der Waals surface area contributed by atoms with Gasteiger partial charge in [-0.1, -0.05) is 29.3 Å². The van der Waals surface area contributed by atoms with Crippen LogP contribution in [-0.4, -0.2) is 18.8 Å². The number of aliphatic hydroxyl groups excluding tert-OH is 1. The van der Waals surface area contributed by atoms with E-state index >= 15 is 0 Å². The van der Waals surface area contributed by atoms with E-state index in [2.05, 4.69) is 5.32 Å². The van der Waals surface area contributed by atoms with E-state index in [1.807, 2.05) is 37.3 Å². The predicted octanol–water partition coefficient (Wildman–Crippen LogP) is 4.32. The Kier molecular flexibility index (Phi) is 4.99. The van der Waals surface area contributed by atoms with E-state index in [-0.39, 0.29) is 6.61 Å². The SMILES string of the molecule is COc1ccc(NC(C)(CO)c2ccc(Cl)c(Cl)c2)cc1. The molecule has 0 aliphatic carbocycles. The summed E-state index contributed by atoms with van der Waals surface area (Å²) in [5.74, 6) is 0.779. The van der Waals surface area contributed by atoms with Crippen molar-refractivity contribution >= 4 is 28.9 Å². The Bertz CT molecular complexity index is 616. The van der Waals surface area contributed by atoms with Crippen LogP contribution < -0.4 is 10.1 Å². The third-order valence-electron chi connectivity index (χ3n) is 3.38. The van der Waals surface area contributed by atoms with Gasteiger partial charge in [0.25, 0.3) is 0 Å². The second-order valence-corrected chi connectivity index (χ2v) is 5.79. The van der Waals surface area contributed by atoms with Crippen LogP contribution in [0.3, 0.4) is 0 Å². The summed E-state index contributed by atoms with van der Waals surface area (Å²) in [5.41, 5.74) is 1.07. The summed E-state index contributed by atoms with van der Waals surface area (Å²) in [4.78, 5) is 0. The highest BCUT2D eigenvalue weighted by Crippen LogP contribution is 2.31. The van der Waals surface area contributed by atoms with Crippen molar-refractivity contribution in [2.75, 3.05) is 19.0 Å². The molecule has 2 aromatic carbocycles. The Morgan fingerprint density at radius 2 is 1.76 bits per heavy atom. The van der Waals surface area contributed by atoms with Crippen molar-refractivity contribution in [3.63, 3.8) is 0 Å². The maximum Gasteiger partial charge on any atom is 0.119 e. The van der Waals surface area contributed by atoms with Crippen LogP contribution in [0.5, 0.6) is 5.75 Å². The monoisotopic (exact) mass is 325 g/mol. The van der Waals surface area contributed by atoms with Gasteiger partial charge < -0.3 is 15.2 Å². The normalized spacial score (nSPS) is 13.6. The first-order valence-corrected chi connectivity index (χ1v) is 7.23. The topological polar surface area (TPSA) is 41.5 Å². The lowest BCUT2D eigenvalue weighted by Crippen LogP contribution is -2.35. The van der Waals surface area contributed by atoms with E-state index in [0.717, 1.165) is 17.0 Å². The molecule has 2 aromatic rings. The fraction of sp³-hybridized carbons (Fsp3) is 0.250. The Hall–Kier alpha value is -1.42. The Morgan fingerprint density at radius 1 is 1.10 bits per heavy atom. The van der Waals surface area contributed by atoms with E-state index in [1.165, 1.54) is 0 Å². The van der Waals surface area contributed by atoms with Crippen molar-refractivity contribution in [3.8, 4) is 5.75 Å². The standard InChI is InChI=1S/C16H17Cl2NO2/c1-16(10-20,11-3-8-14(17)15(18)9-11)19-12-4-6-13(21-2)7-5-12/h3-9,19-20H,10H2,1-2H3. The largest absolute Gasteiger partial charge is 0.497 e. The van der Waals surface area contributed by atoms with Crippen LogP contribution in [0.1, 0.15) is 12.5 Å².